The average molecular weight is 377 g/mol. The number of carbonyl (C=O) groups is 2. The zero-order chi connectivity index (χ0) is 19.5. The van der Waals surface area contributed by atoms with Gasteiger partial charge in [0.1, 0.15) is 0 Å². The number of hydrogen-bond donors (Lipinski definition) is 1. The van der Waals surface area contributed by atoms with Crippen LogP contribution < -0.4 is 10.2 Å². The van der Waals surface area contributed by atoms with Crippen molar-refractivity contribution in [3.8, 4) is 0 Å². The van der Waals surface area contributed by atoms with Crippen molar-refractivity contribution in [1.82, 2.24) is 10.3 Å². The molecule has 2 heterocycles. The summed E-state index contributed by atoms with van der Waals surface area (Å²) in [6, 6.07) is 14.1. The lowest BCUT2D eigenvalue weighted by atomic mass is 9.80. The number of para-hydroxylation sites is 1. The highest BCUT2D eigenvalue weighted by atomic mass is 16.2. The smallest absolute Gasteiger partial charge is 0.230 e. The number of pyridine rings is 1. The fourth-order valence-electron chi connectivity index (χ4n) is 4.53. The van der Waals surface area contributed by atoms with Crippen LogP contribution in [0.25, 0.3) is 0 Å². The first kappa shape index (κ1) is 18.7. The molecule has 5 nitrogen and oxygen atoms in total. The maximum Gasteiger partial charge on any atom is 0.230 e. The quantitative estimate of drug-likeness (QED) is 0.887. The van der Waals surface area contributed by atoms with Crippen LogP contribution in [-0.2, 0) is 22.6 Å². The number of hydrogen-bond acceptors (Lipinski definition) is 3. The van der Waals surface area contributed by atoms with Gasteiger partial charge in [-0.3, -0.25) is 14.6 Å². The van der Waals surface area contributed by atoms with Crippen molar-refractivity contribution >= 4 is 17.5 Å². The van der Waals surface area contributed by atoms with Gasteiger partial charge in [0.2, 0.25) is 11.8 Å². The van der Waals surface area contributed by atoms with Crippen LogP contribution >= 0.6 is 0 Å². The van der Waals surface area contributed by atoms with Crippen LogP contribution in [0, 0.1) is 11.8 Å². The molecule has 0 saturated heterocycles. The van der Waals surface area contributed by atoms with Crippen molar-refractivity contribution in [3.63, 3.8) is 0 Å². The molecule has 1 unspecified atom stereocenters. The summed E-state index contributed by atoms with van der Waals surface area (Å²) in [4.78, 5) is 31.9. The third kappa shape index (κ3) is 3.79. The molecule has 5 heteroatoms. The Hall–Kier alpha value is -2.69. The zero-order valence-corrected chi connectivity index (χ0v) is 16.3. The molecular formula is C23H27N3O2. The first-order chi connectivity index (χ1) is 13.6. The highest BCUT2D eigenvalue weighted by molar-refractivity contribution is 5.97. The van der Waals surface area contributed by atoms with E-state index in [0.29, 0.717) is 6.54 Å². The summed E-state index contributed by atoms with van der Waals surface area (Å²) in [5.74, 6) is 0.325. The molecule has 1 aliphatic carbocycles. The molecule has 2 aliphatic rings. The van der Waals surface area contributed by atoms with Crippen molar-refractivity contribution in [3.05, 3.63) is 59.9 Å². The molecule has 1 saturated carbocycles. The Morgan fingerprint density at radius 2 is 1.75 bits per heavy atom. The van der Waals surface area contributed by atoms with Crippen molar-refractivity contribution in [2.24, 2.45) is 11.8 Å². The molecule has 1 aromatic heterocycles. The molecule has 0 spiro atoms. The summed E-state index contributed by atoms with van der Waals surface area (Å²) in [6.07, 6.45) is 5.77. The molecule has 146 valence electrons. The van der Waals surface area contributed by atoms with Crippen molar-refractivity contribution in [1.29, 1.82) is 0 Å². The SMILES string of the molecule is CC1Cc2ccccc2N1C(=O)C1CCC(C(=O)NCc2ccccn2)CC1. The summed E-state index contributed by atoms with van der Waals surface area (Å²) in [5.41, 5.74) is 3.18. The minimum atomic E-state index is -0.00366. The number of nitrogens with zero attached hydrogens (tertiary/aromatic N) is 2. The van der Waals surface area contributed by atoms with Crippen LogP contribution in [0.15, 0.2) is 48.7 Å². The lowest BCUT2D eigenvalue weighted by Crippen LogP contribution is -2.42. The number of anilines is 1. The van der Waals surface area contributed by atoms with Gasteiger partial charge in [0.15, 0.2) is 0 Å². The van der Waals surface area contributed by atoms with E-state index in [0.717, 1.165) is 43.5 Å². The van der Waals surface area contributed by atoms with E-state index in [1.807, 2.05) is 41.3 Å². The third-order valence-corrected chi connectivity index (χ3v) is 6.06. The van der Waals surface area contributed by atoms with E-state index in [4.69, 9.17) is 0 Å². The van der Waals surface area contributed by atoms with E-state index in [2.05, 4.69) is 23.3 Å². The molecule has 2 aromatic rings. The van der Waals surface area contributed by atoms with E-state index in [9.17, 15) is 9.59 Å². The summed E-state index contributed by atoms with van der Waals surface area (Å²) < 4.78 is 0. The topological polar surface area (TPSA) is 62.3 Å². The molecule has 1 aromatic carbocycles. The van der Waals surface area contributed by atoms with Gasteiger partial charge in [-0.2, -0.15) is 0 Å². The van der Waals surface area contributed by atoms with Crippen LogP contribution in [0.2, 0.25) is 0 Å². The summed E-state index contributed by atoms with van der Waals surface area (Å²) in [6.45, 7) is 2.58. The monoisotopic (exact) mass is 377 g/mol. The van der Waals surface area contributed by atoms with Gasteiger partial charge in [-0.05, 0) is 62.8 Å². The number of rotatable bonds is 4. The number of aromatic nitrogens is 1. The molecule has 1 atom stereocenters. The van der Waals surface area contributed by atoms with Crippen LogP contribution in [0.4, 0.5) is 5.69 Å². The van der Waals surface area contributed by atoms with Crippen molar-refractivity contribution < 1.29 is 9.59 Å². The van der Waals surface area contributed by atoms with Gasteiger partial charge in [0, 0.05) is 29.8 Å². The molecule has 1 aliphatic heterocycles. The Bertz CT molecular complexity index is 844. The normalized spacial score (nSPS) is 23.9. The Labute approximate surface area is 166 Å². The van der Waals surface area contributed by atoms with Crippen LogP contribution in [-0.4, -0.2) is 22.8 Å². The molecule has 2 amide bonds. The van der Waals surface area contributed by atoms with E-state index in [1.54, 1.807) is 6.20 Å². The molecule has 4 rings (SSSR count). The Kier molecular flexibility index (Phi) is 5.42. The number of carbonyl (C=O) groups excluding carboxylic acids is 2. The predicted molar refractivity (Wildman–Crippen MR) is 109 cm³/mol. The number of fused-ring (bicyclic) bond motifs is 1. The second kappa shape index (κ2) is 8.13. The lowest BCUT2D eigenvalue weighted by molar-refractivity contribution is -0.129. The van der Waals surface area contributed by atoms with E-state index >= 15 is 0 Å². The Balaban J connectivity index is 1.31. The number of amides is 2. The summed E-state index contributed by atoms with van der Waals surface area (Å²) >= 11 is 0. The molecule has 1 N–H and O–H groups in total. The molecule has 0 radical (unpaired) electrons. The second-order valence-electron chi connectivity index (χ2n) is 7.98. The van der Waals surface area contributed by atoms with Crippen molar-refractivity contribution in [2.75, 3.05) is 4.90 Å². The van der Waals surface area contributed by atoms with E-state index < -0.39 is 0 Å². The lowest BCUT2D eigenvalue weighted by Gasteiger charge is -2.32. The maximum absolute atomic E-state index is 13.2. The second-order valence-corrected chi connectivity index (χ2v) is 7.98. The maximum atomic E-state index is 13.2. The Morgan fingerprint density at radius 1 is 1.04 bits per heavy atom. The van der Waals surface area contributed by atoms with Crippen LogP contribution in [0.1, 0.15) is 43.9 Å². The molecule has 0 bridgehead atoms. The average Bonchev–Trinajstić information content (AvgIpc) is 3.08. The first-order valence-electron chi connectivity index (χ1n) is 10.2. The number of nitrogens with one attached hydrogen (secondary N) is 1. The minimum Gasteiger partial charge on any atom is -0.350 e. The van der Waals surface area contributed by atoms with Crippen molar-refractivity contribution in [2.45, 2.75) is 51.6 Å². The Morgan fingerprint density at radius 3 is 2.50 bits per heavy atom. The van der Waals surface area contributed by atoms with Gasteiger partial charge in [0.25, 0.3) is 0 Å². The zero-order valence-electron chi connectivity index (χ0n) is 16.3. The van der Waals surface area contributed by atoms with Gasteiger partial charge in [-0.15, -0.1) is 0 Å². The standard InChI is InChI=1S/C23H27N3O2/c1-16-14-19-6-2-3-8-21(19)26(16)23(28)18-11-9-17(10-12-18)22(27)25-15-20-7-4-5-13-24-20/h2-8,13,16-18H,9-12,14-15H2,1H3,(H,25,27). The van der Waals surface area contributed by atoms with E-state index in [-0.39, 0.29) is 29.7 Å². The van der Waals surface area contributed by atoms with Crippen LogP contribution in [0.5, 0.6) is 0 Å². The first-order valence-corrected chi connectivity index (χ1v) is 10.2. The summed E-state index contributed by atoms with van der Waals surface area (Å²) in [5, 5.41) is 2.99. The molecular weight excluding hydrogens is 350 g/mol. The highest BCUT2D eigenvalue weighted by Gasteiger charge is 2.37. The largest absolute Gasteiger partial charge is 0.350 e. The van der Waals surface area contributed by atoms with Crippen LogP contribution in [0.3, 0.4) is 0 Å². The number of benzene rings is 1. The van der Waals surface area contributed by atoms with E-state index in [1.165, 1.54) is 5.56 Å². The highest BCUT2D eigenvalue weighted by Crippen LogP contribution is 2.37. The van der Waals surface area contributed by atoms with Gasteiger partial charge < -0.3 is 10.2 Å². The third-order valence-electron chi connectivity index (χ3n) is 6.06. The minimum absolute atomic E-state index is 0.00366. The van der Waals surface area contributed by atoms with Gasteiger partial charge in [0.05, 0.1) is 12.2 Å². The van der Waals surface area contributed by atoms with Gasteiger partial charge in [-0.25, -0.2) is 0 Å². The van der Waals surface area contributed by atoms with Gasteiger partial charge >= 0.3 is 0 Å². The fraction of sp³-hybridized carbons (Fsp3) is 0.435. The molecule has 28 heavy (non-hydrogen) atoms. The predicted octanol–water partition coefficient (Wildman–Crippen LogP) is 3.48. The van der Waals surface area contributed by atoms with Gasteiger partial charge in [-0.1, -0.05) is 24.3 Å². The molecule has 1 fully saturated rings. The summed E-state index contributed by atoms with van der Waals surface area (Å²) in [7, 11) is 0. The fourth-order valence-corrected chi connectivity index (χ4v) is 4.53.